The standard InChI is InChI=1S/C14H18BrNOS/c15-7-8-16(10-4-5-10)14(17)12-2-1-3-13-11(12)6-9-18-13/h6,9-10,12H,1-5,7-8H2. The molecule has 0 radical (unpaired) electrons. The fourth-order valence-corrected chi connectivity index (χ4v) is 4.26. The molecule has 0 aromatic carbocycles. The molecule has 1 unspecified atom stereocenters. The van der Waals surface area contributed by atoms with Crippen LogP contribution in [-0.4, -0.2) is 28.7 Å². The first-order valence-corrected chi connectivity index (χ1v) is 8.74. The zero-order chi connectivity index (χ0) is 12.5. The lowest BCUT2D eigenvalue weighted by molar-refractivity contribution is -0.133. The maximum Gasteiger partial charge on any atom is 0.230 e. The average molecular weight is 328 g/mol. The molecule has 18 heavy (non-hydrogen) atoms. The Bertz CT molecular complexity index is 441. The molecule has 2 aliphatic carbocycles. The summed E-state index contributed by atoms with van der Waals surface area (Å²) in [6, 6.07) is 2.69. The molecule has 1 aromatic rings. The highest BCUT2D eigenvalue weighted by atomic mass is 79.9. The van der Waals surface area contributed by atoms with Gasteiger partial charge < -0.3 is 4.90 Å². The van der Waals surface area contributed by atoms with Gasteiger partial charge in [0.1, 0.15) is 0 Å². The number of fused-ring (bicyclic) bond motifs is 1. The van der Waals surface area contributed by atoms with E-state index in [1.807, 2.05) is 11.3 Å². The van der Waals surface area contributed by atoms with E-state index in [1.54, 1.807) is 0 Å². The maximum atomic E-state index is 12.7. The molecular formula is C14H18BrNOS. The van der Waals surface area contributed by atoms with E-state index < -0.39 is 0 Å². The van der Waals surface area contributed by atoms with Gasteiger partial charge >= 0.3 is 0 Å². The van der Waals surface area contributed by atoms with Crippen molar-refractivity contribution in [3.8, 4) is 0 Å². The first-order chi connectivity index (χ1) is 8.81. The molecule has 1 heterocycles. The zero-order valence-corrected chi connectivity index (χ0v) is 12.8. The second-order valence-electron chi connectivity index (χ2n) is 5.20. The molecule has 2 aliphatic rings. The smallest absolute Gasteiger partial charge is 0.230 e. The molecule has 1 atom stereocenters. The number of thiophene rings is 1. The molecule has 4 heteroatoms. The normalized spacial score (nSPS) is 22.6. The summed E-state index contributed by atoms with van der Waals surface area (Å²) in [6.07, 6.45) is 5.76. The quantitative estimate of drug-likeness (QED) is 0.774. The van der Waals surface area contributed by atoms with Crippen molar-refractivity contribution in [3.63, 3.8) is 0 Å². The molecule has 0 saturated heterocycles. The summed E-state index contributed by atoms with van der Waals surface area (Å²) >= 11 is 5.29. The van der Waals surface area contributed by atoms with Crippen molar-refractivity contribution in [1.82, 2.24) is 4.90 Å². The number of alkyl halides is 1. The Hall–Kier alpha value is -0.350. The maximum absolute atomic E-state index is 12.7. The van der Waals surface area contributed by atoms with Crippen molar-refractivity contribution >= 4 is 33.2 Å². The molecule has 3 rings (SSSR count). The first-order valence-electron chi connectivity index (χ1n) is 6.74. The summed E-state index contributed by atoms with van der Waals surface area (Å²) in [7, 11) is 0. The van der Waals surface area contributed by atoms with Crippen LogP contribution in [0.4, 0.5) is 0 Å². The van der Waals surface area contributed by atoms with Crippen LogP contribution in [0.5, 0.6) is 0 Å². The fraction of sp³-hybridized carbons (Fsp3) is 0.643. The van der Waals surface area contributed by atoms with E-state index in [0.29, 0.717) is 11.9 Å². The number of hydrogen-bond donors (Lipinski definition) is 0. The number of carbonyl (C=O) groups excluding carboxylic acids is 1. The number of carbonyl (C=O) groups is 1. The highest BCUT2D eigenvalue weighted by molar-refractivity contribution is 9.09. The third kappa shape index (κ3) is 2.37. The van der Waals surface area contributed by atoms with Gasteiger partial charge in [0.15, 0.2) is 0 Å². The summed E-state index contributed by atoms with van der Waals surface area (Å²) in [6.45, 7) is 0.861. The Balaban J connectivity index is 1.80. The summed E-state index contributed by atoms with van der Waals surface area (Å²) < 4.78 is 0. The Morgan fingerprint density at radius 1 is 1.44 bits per heavy atom. The summed E-state index contributed by atoms with van der Waals surface area (Å²) in [5.74, 6) is 0.510. The molecule has 0 N–H and O–H groups in total. The van der Waals surface area contributed by atoms with Gasteiger partial charge in [0.2, 0.25) is 5.91 Å². The van der Waals surface area contributed by atoms with Crippen molar-refractivity contribution in [2.24, 2.45) is 0 Å². The van der Waals surface area contributed by atoms with Crippen LogP contribution in [0, 0.1) is 0 Å². The highest BCUT2D eigenvalue weighted by Gasteiger charge is 2.37. The molecule has 2 nitrogen and oxygen atoms in total. The van der Waals surface area contributed by atoms with Gasteiger partial charge in [-0.2, -0.15) is 0 Å². The molecule has 0 spiro atoms. The minimum Gasteiger partial charge on any atom is -0.338 e. The Labute approximate surface area is 120 Å². The minimum absolute atomic E-state index is 0.139. The van der Waals surface area contributed by atoms with Gasteiger partial charge in [0.05, 0.1) is 5.92 Å². The molecule has 1 saturated carbocycles. The minimum atomic E-state index is 0.139. The molecule has 1 fully saturated rings. The molecule has 1 amide bonds. The second kappa shape index (κ2) is 5.33. The van der Waals surface area contributed by atoms with Crippen molar-refractivity contribution in [1.29, 1.82) is 0 Å². The van der Waals surface area contributed by atoms with Crippen LogP contribution in [0.3, 0.4) is 0 Å². The lowest BCUT2D eigenvalue weighted by Crippen LogP contribution is -2.39. The van der Waals surface area contributed by atoms with Gasteiger partial charge in [0.25, 0.3) is 0 Å². The fourth-order valence-electron chi connectivity index (χ4n) is 2.89. The van der Waals surface area contributed by atoms with Gasteiger partial charge in [-0.15, -0.1) is 11.3 Å². The van der Waals surface area contributed by atoms with Crippen molar-refractivity contribution < 1.29 is 4.79 Å². The topological polar surface area (TPSA) is 20.3 Å². The monoisotopic (exact) mass is 327 g/mol. The summed E-state index contributed by atoms with van der Waals surface area (Å²) in [5.41, 5.74) is 1.32. The third-order valence-electron chi connectivity index (χ3n) is 3.95. The summed E-state index contributed by atoms with van der Waals surface area (Å²) in [4.78, 5) is 16.3. The van der Waals surface area contributed by atoms with Crippen LogP contribution in [0.1, 0.15) is 42.0 Å². The van der Waals surface area contributed by atoms with E-state index in [1.165, 1.54) is 29.7 Å². The number of halogens is 1. The van der Waals surface area contributed by atoms with E-state index in [-0.39, 0.29) is 5.92 Å². The van der Waals surface area contributed by atoms with Crippen LogP contribution >= 0.6 is 27.3 Å². The van der Waals surface area contributed by atoms with Crippen LogP contribution in [-0.2, 0) is 11.2 Å². The van der Waals surface area contributed by atoms with E-state index >= 15 is 0 Å². The molecule has 0 bridgehead atoms. The van der Waals surface area contributed by atoms with Gasteiger partial charge in [-0.1, -0.05) is 15.9 Å². The Kier molecular flexibility index (Phi) is 3.76. The average Bonchev–Trinajstić information content (AvgIpc) is 3.11. The van der Waals surface area contributed by atoms with Crippen LogP contribution in [0.2, 0.25) is 0 Å². The van der Waals surface area contributed by atoms with Crippen LogP contribution in [0.25, 0.3) is 0 Å². The van der Waals surface area contributed by atoms with Crippen molar-refractivity contribution in [2.75, 3.05) is 11.9 Å². The third-order valence-corrected chi connectivity index (χ3v) is 5.30. The zero-order valence-electron chi connectivity index (χ0n) is 10.4. The number of nitrogens with zero attached hydrogens (tertiary/aromatic N) is 1. The summed E-state index contributed by atoms with van der Waals surface area (Å²) in [5, 5.41) is 3.03. The van der Waals surface area contributed by atoms with E-state index in [4.69, 9.17) is 0 Å². The molecule has 1 aromatic heterocycles. The van der Waals surface area contributed by atoms with Crippen molar-refractivity contribution in [2.45, 2.75) is 44.1 Å². The predicted octanol–water partition coefficient (Wildman–Crippen LogP) is 3.55. The molecular weight excluding hydrogens is 310 g/mol. The van der Waals surface area contributed by atoms with E-state index in [2.05, 4.69) is 32.3 Å². The number of rotatable bonds is 4. The number of amides is 1. The lowest BCUT2D eigenvalue weighted by Gasteiger charge is -2.29. The van der Waals surface area contributed by atoms with Gasteiger partial charge in [-0.25, -0.2) is 0 Å². The molecule has 0 aliphatic heterocycles. The lowest BCUT2D eigenvalue weighted by atomic mass is 9.86. The van der Waals surface area contributed by atoms with E-state index in [9.17, 15) is 4.79 Å². The predicted molar refractivity (Wildman–Crippen MR) is 78.5 cm³/mol. The van der Waals surface area contributed by atoms with E-state index in [0.717, 1.165) is 24.7 Å². The van der Waals surface area contributed by atoms with Crippen molar-refractivity contribution in [3.05, 3.63) is 21.9 Å². The highest BCUT2D eigenvalue weighted by Crippen LogP contribution is 2.38. The second-order valence-corrected chi connectivity index (χ2v) is 6.99. The van der Waals surface area contributed by atoms with Gasteiger partial charge in [0, 0.05) is 22.8 Å². The molecule has 98 valence electrons. The Morgan fingerprint density at radius 3 is 3.00 bits per heavy atom. The van der Waals surface area contributed by atoms with Gasteiger partial charge in [-0.05, 0) is 49.1 Å². The Morgan fingerprint density at radius 2 is 2.28 bits per heavy atom. The van der Waals surface area contributed by atoms with Gasteiger partial charge in [-0.3, -0.25) is 4.79 Å². The van der Waals surface area contributed by atoms with Crippen LogP contribution in [0.15, 0.2) is 11.4 Å². The largest absolute Gasteiger partial charge is 0.338 e. The number of aryl methyl sites for hydroxylation is 1. The number of hydrogen-bond acceptors (Lipinski definition) is 2. The first kappa shape index (κ1) is 12.7. The SMILES string of the molecule is O=C(C1CCCc2sccc21)N(CCBr)C1CC1. The van der Waals surface area contributed by atoms with Crippen LogP contribution < -0.4 is 0 Å².